The van der Waals surface area contributed by atoms with E-state index in [9.17, 15) is 9.59 Å². The Labute approximate surface area is 126 Å². The van der Waals surface area contributed by atoms with E-state index in [1.165, 1.54) is 6.07 Å². The van der Waals surface area contributed by atoms with Crippen molar-refractivity contribution in [3.8, 4) is 0 Å². The lowest BCUT2D eigenvalue weighted by Gasteiger charge is -2.35. The number of likely N-dealkylation sites (tertiary alicyclic amines) is 1. The second-order valence-electron chi connectivity index (χ2n) is 4.93. The Bertz CT molecular complexity index is 496. The van der Waals surface area contributed by atoms with Crippen LogP contribution < -0.4 is 0 Å². The molecule has 2 rings (SSSR count). The van der Waals surface area contributed by atoms with E-state index in [1.807, 2.05) is 0 Å². The molecule has 0 unspecified atom stereocenters. The molecule has 1 aromatic heterocycles. The molecule has 1 atom stereocenters. The summed E-state index contributed by atoms with van der Waals surface area (Å²) in [7, 11) is 0. The minimum Gasteiger partial charge on any atom is -0.481 e. The van der Waals surface area contributed by atoms with Crippen LogP contribution in [-0.2, 0) is 4.79 Å². The molecule has 1 fully saturated rings. The van der Waals surface area contributed by atoms with Gasteiger partial charge in [0.2, 0.25) is 0 Å². The van der Waals surface area contributed by atoms with Gasteiger partial charge in [0.25, 0.3) is 5.91 Å². The van der Waals surface area contributed by atoms with Crippen LogP contribution in [0.15, 0.2) is 6.07 Å². The third kappa shape index (κ3) is 3.46. The number of nitrogens with zero attached hydrogens (tertiary/aromatic N) is 1. The normalized spacial score (nSPS) is 19.1. The summed E-state index contributed by atoms with van der Waals surface area (Å²) in [5.41, 5.74) is 0.349. The molecule has 0 aromatic carbocycles. The Morgan fingerprint density at radius 2 is 2.15 bits per heavy atom. The summed E-state index contributed by atoms with van der Waals surface area (Å²) in [6.07, 6.45) is 3.32. The third-order valence-electron chi connectivity index (χ3n) is 3.53. The van der Waals surface area contributed by atoms with Gasteiger partial charge in [-0.15, -0.1) is 0 Å². The number of aromatic nitrogens is 1. The number of carbonyl (C=O) groups is 2. The fraction of sp³-hybridized carbons (Fsp3) is 0.538. The summed E-state index contributed by atoms with van der Waals surface area (Å²) in [6.45, 7) is 0.636. The topological polar surface area (TPSA) is 73.4 Å². The number of amides is 1. The van der Waals surface area contributed by atoms with Crippen molar-refractivity contribution in [1.82, 2.24) is 9.88 Å². The van der Waals surface area contributed by atoms with Gasteiger partial charge < -0.3 is 15.0 Å². The van der Waals surface area contributed by atoms with E-state index in [1.54, 1.807) is 4.90 Å². The monoisotopic (exact) mass is 318 g/mol. The molecule has 110 valence electrons. The first-order valence-electron chi connectivity index (χ1n) is 6.56. The SMILES string of the molecule is O=C(O)CC[C@H]1CCCCN1C(=O)c1cc(Cl)c(Cl)[nH]1. The largest absolute Gasteiger partial charge is 0.481 e. The van der Waals surface area contributed by atoms with Gasteiger partial charge in [-0.2, -0.15) is 0 Å². The lowest BCUT2D eigenvalue weighted by Crippen LogP contribution is -2.44. The highest BCUT2D eigenvalue weighted by atomic mass is 35.5. The molecule has 2 heterocycles. The van der Waals surface area contributed by atoms with Gasteiger partial charge in [0.15, 0.2) is 0 Å². The van der Waals surface area contributed by atoms with Crippen LogP contribution in [0.4, 0.5) is 0 Å². The van der Waals surface area contributed by atoms with Crippen molar-refractivity contribution in [2.75, 3.05) is 6.54 Å². The molecule has 1 aromatic rings. The number of aliphatic carboxylic acids is 1. The zero-order valence-electron chi connectivity index (χ0n) is 10.9. The van der Waals surface area contributed by atoms with Crippen LogP contribution in [0, 0.1) is 0 Å². The number of hydrogen-bond donors (Lipinski definition) is 2. The molecule has 0 radical (unpaired) electrons. The molecule has 0 spiro atoms. The Morgan fingerprint density at radius 3 is 2.75 bits per heavy atom. The summed E-state index contributed by atoms with van der Waals surface area (Å²) in [5, 5.41) is 9.34. The maximum Gasteiger partial charge on any atom is 0.303 e. The van der Waals surface area contributed by atoms with E-state index in [2.05, 4.69) is 4.98 Å². The molecule has 0 bridgehead atoms. The van der Waals surface area contributed by atoms with Crippen LogP contribution in [0.3, 0.4) is 0 Å². The molecule has 1 aliphatic rings. The van der Waals surface area contributed by atoms with Gasteiger partial charge in [0.05, 0.1) is 5.02 Å². The molecule has 0 saturated carbocycles. The van der Waals surface area contributed by atoms with Crippen LogP contribution in [-0.4, -0.2) is 39.5 Å². The number of hydrogen-bond acceptors (Lipinski definition) is 2. The van der Waals surface area contributed by atoms with Gasteiger partial charge >= 0.3 is 5.97 Å². The van der Waals surface area contributed by atoms with Crippen LogP contribution in [0.2, 0.25) is 10.2 Å². The van der Waals surface area contributed by atoms with E-state index < -0.39 is 5.97 Å². The molecule has 0 aliphatic carbocycles. The fourth-order valence-electron chi connectivity index (χ4n) is 2.53. The highest BCUT2D eigenvalue weighted by Crippen LogP contribution is 2.26. The minimum atomic E-state index is -0.839. The van der Waals surface area contributed by atoms with Crippen molar-refractivity contribution in [2.24, 2.45) is 0 Å². The second-order valence-corrected chi connectivity index (χ2v) is 5.71. The molecular weight excluding hydrogens is 303 g/mol. The summed E-state index contributed by atoms with van der Waals surface area (Å²) < 4.78 is 0. The maximum absolute atomic E-state index is 12.5. The molecule has 1 amide bonds. The average Bonchev–Trinajstić information content (AvgIpc) is 2.76. The summed E-state index contributed by atoms with van der Waals surface area (Å²) in [4.78, 5) is 27.6. The van der Waals surface area contributed by atoms with Crippen molar-refractivity contribution >= 4 is 35.1 Å². The number of carboxylic acid groups (broad SMARTS) is 1. The molecule has 1 aliphatic heterocycles. The smallest absolute Gasteiger partial charge is 0.303 e. The number of H-pyrrole nitrogens is 1. The van der Waals surface area contributed by atoms with Gasteiger partial charge in [0.1, 0.15) is 10.8 Å². The van der Waals surface area contributed by atoms with Crippen LogP contribution in [0.25, 0.3) is 0 Å². The average molecular weight is 319 g/mol. The molecule has 2 N–H and O–H groups in total. The quantitative estimate of drug-likeness (QED) is 0.895. The molecule has 7 heteroatoms. The minimum absolute atomic E-state index is 0.0341. The van der Waals surface area contributed by atoms with E-state index in [-0.39, 0.29) is 23.5 Å². The van der Waals surface area contributed by atoms with Crippen molar-refractivity contribution in [2.45, 2.75) is 38.1 Å². The first-order chi connectivity index (χ1) is 9.49. The lowest BCUT2D eigenvalue weighted by molar-refractivity contribution is -0.137. The molecular formula is C13H16Cl2N2O3. The standard InChI is InChI=1S/C13H16Cl2N2O3/c14-9-7-10(16-12(9)15)13(20)17-6-2-1-3-8(17)4-5-11(18)19/h7-8,16H,1-6H2,(H,18,19)/t8-/m1/s1. The highest BCUT2D eigenvalue weighted by molar-refractivity contribution is 6.41. The van der Waals surface area contributed by atoms with E-state index in [4.69, 9.17) is 28.3 Å². The number of piperidine rings is 1. The Kier molecular flexibility index (Phi) is 4.94. The van der Waals surface area contributed by atoms with E-state index >= 15 is 0 Å². The number of carbonyl (C=O) groups excluding carboxylic acids is 1. The van der Waals surface area contributed by atoms with Crippen LogP contribution >= 0.6 is 23.2 Å². The predicted molar refractivity (Wildman–Crippen MR) is 76.4 cm³/mol. The Morgan fingerprint density at radius 1 is 1.40 bits per heavy atom. The number of aromatic amines is 1. The zero-order chi connectivity index (χ0) is 14.7. The Balaban J connectivity index is 2.10. The van der Waals surface area contributed by atoms with Gasteiger partial charge in [-0.25, -0.2) is 0 Å². The fourth-order valence-corrected chi connectivity index (χ4v) is 2.84. The van der Waals surface area contributed by atoms with Gasteiger partial charge in [-0.3, -0.25) is 9.59 Å². The van der Waals surface area contributed by atoms with Crippen molar-refractivity contribution in [1.29, 1.82) is 0 Å². The first-order valence-corrected chi connectivity index (χ1v) is 7.31. The summed E-state index contributed by atoms with van der Waals surface area (Å²) >= 11 is 11.7. The van der Waals surface area contributed by atoms with E-state index in [0.717, 1.165) is 19.3 Å². The molecule has 5 nitrogen and oxygen atoms in total. The van der Waals surface area contributed by atoms with Gasteiger partial charge in [-0.1, -0.05) is 23.2 Å². The van der Waals surface area contributed by atoms with Gasteiger partial charge in [-0.05, 0) is 31.7 Å². The van der Waals surface area contributed by atoms with Crippen molar-refractivity contribution < 1.29 is 14.7 Å². The number of rotatable bonds is 4. The molecule has 20 heavy (non-hydrogen) atoms. The highest BCUT2D eigenvalue weighted by Gasteiger charge is 2.28. The van der Waals surface area contributed by atoms with Crippen LogP contribution in [0.1, 0.15) is 42.6 Å². The summed E-state index contributed by atoms with van der Waals surface area (Å²) in [5.74, 6) is -1.01. The number of halogens is 2. The van der Waals surface area contributed by atoms with Gasteiger partial charge in [0, 0.05) is 19.0 Å². The molecule has 1 saturated heterocycles. The van der Waals surface area contributed by atoms with E-state index in [0.29, 0.717) is 23.7 Å². The third-order valence-corrected chi connectivity index (χ3v) is 4.23. The van der Waals surface area contributed by atoms with Crippen LogP contribution in [0.5, 0.6) is 0 Å². The second kappa shape index (κ2) is 6.50. The number of nitrogens with one attached hydrogen (secondary N) is 1. The lowest BCUT2D eigenvalue weighted by atomic mass is 9.97. The summed E-state index contributed by atoms with van der Waals surface area (Å²) in [6, 6.07) is 1.47. The Hall–Kier alpha value is -1.20. The zero-order valence-corrected chi connectivity index (χ0v) is 12.4. The van der Waals surface area contributed by atoms with Crippen molar-refractivity contribution in [3.63, 3.8) is 0 Å². The van der Waals surface area contributed by atoms with Crippen molar-refractivity contribution in [3.05, 3.63) is 21.9 Å². The number of carboxylic acids is 1. The maximum atomic E-state index is 12.5. The first kappa shape index (κ1) is 15.2. The predicted octanol–water partition coefficient (Wildman–Crippen LogP) is 3.18.